The third kappa shape index (κ3) is 4.72. The van der Waals surface area contributed by atoms with Crippen molar-refractivity contribution in [3.05, 3.63) is 52.3 Å². The van der Waals surface area contributed by atoms with E-state index < -0.39 is 0 Å². The number of amides is 1. The number of benzene rings is 1. The van der Waals surface area contributed by atoms with Crippen LogP contribution in [0.4, 0.5) is 0 Å². The van der Waals surface area contributed by atoms with Gasteiger partial charge in [0.25, 0.3) is 0 Å². The van der Waals surface area contributed by atoms with Gasteiger partial charge in [-0.3, -0.25) is 9.48 Å². The standard InChI is InChI=1S/C21H28N4O/c1-5-24(15-19-10-7-6-9-16(19)2)21(26)12-11-20-17(3)23-25(18(20)4)14-8-13-22/h6-7,9-10H,5,8,11-12,14-15H2,1-4H3. The zero-order chi connectivity index (χ0) is 19.1. The number of aromatic nitrogens is 2. The number of carbonyl (C=O) groups excluding carboxylic acids is 1. The summed E-state index contributed by atoms with van der Waals surface area (Å²) >= 11 is 0. The summed E-state index contributed by atoms with van der Waals surface area (Å²) in [5, 5.41) is 13.3. The van der Waals surface area contributed by atoms with Crippen molar-refractivity contribution < 1.29 is 4.79 Å². The fourth-order valence-electron chi connectivity index (χ4n) is 3.23. The zero-order valence-corrected chi connectivity index (χ0v) is 16.2. The molecule has 0 aliphatic heterocycles. The molecule has 26 heavy (non-hydrogen) atoms. The molecule has 2 rings (SSSR count). The predicted octanol–water partition coefficient (Wildman–Crippen LogP) is 3.70. The minimum atomic E-state index is 0.166. The van der Waals surface area contributed by atoms with Crippen LogP contribution in [0.3, 0.4) is 0 Å². The van der Waals surface area contributed by atoms with Gasteiger partial charge in [0.1, 0.15) is 0 Å². The van der Waals surface area contributed by atoms with E-state index >= 15 is 0 Å². The van der Waals surface area contributed by atoms with E-state index in [1.165, 1.54) is 11.1 Å². The highest BCUT2D eigenvalue weighted by Crippen LogP contribution is 2.17. The molecule has 0 aliphatic carbocycles. The van der Waals surface area contributed by atoms with Gasteiger partial charge in [-0.1, -0.05) is 24.3 Å². The van der Waals surface area contributed by atoms with Crippen LogP contribution in [-0.2, 0) is 24.3 Å². The van der Waals surface area contributed by atoms with E-state index in [1.54, 1.807) is 0 Å². The van der Waals surface area contributed by atoms with Gasteiger partial charge in [0.2, 0.25) is 5.91 Å². The minimum absolute atomic E-state index is 0.166. The van der Waals surface area contributed by atoms with E-state index in [0.717, 1.165) is 17.0 Å². The van der Waals surface area contributed by atoms with Crippen LogP contribution >= 0.6 is 0 Å². The van der Waals surface area contributed by atoms with E-state index in [0.29, 0.717) is 38.9 Å². The fourth-order valence-corrected chi connectivity index (χ4v) is 3.23. The number of carbonyl (C=O) groups is 1. The van der Waals surface area contributed by atoms with Crippen molar-refractivity contribution in [2.24, 2.45) is 0 Å². The van der Waals surface area contributed by atoms with Crippen molar-refractivity contribution in [1.82, 2.24) is 14.7 Å². The lowest BCUT2D eigenvalue weighted by Crippen LogP contribution is -2.30. The Hall–Kier alpha value is -2.61. The number of nitrogens with zero attached hydrogens (tertiary/aromatic N) is 4. The van der Waals surface area contributed by atoms with E-state index in [9.17, 15) is 4.79 Å². The number of hydrogen-bond acceptors (Lipinski definition) is 3. The monoisotopic (exact) mass is 352 g/mol. The molecule has 0 aliphatic rings. The lowest BCUT2D eigenvalue weighted by atomic mass is 10.1. The maximum atomic E-state index is 12.7. The summed E-state index contributed by atoms with van der Waals surface area (Å²) in [6, 6.07) is 10.3. The number of nitriles is 1. The van der Waals surface area contributed by atoms with Gasteiger partial charge in [-0.2, -0.15) is 10.4 Å². The van der Waals surface area contributed by atoms with Crippen LogP contribution in [0, 0.1) is 32.1 Å². The molecule has 0 N–H and O–H groups in total. The molecule has 0 spiro atoms. The summed E-state index contributed by atoms with van der Waals surface area (Å²) in [6.45, 7) is 10.0. The van der Waals surface area contributed by atoms with Gasteiger partial charge >= 0.3 is 0 Å². The summed E-state index contributed by atoms with van der Waals surface area (Å²) < 4.78 is 1.88. The first-order valence-electron chi connectivity index (χ1n) is 9.20. The molecule has 0 unspecified atom stereocenters. The van der Waals surface area contributed by atoms with Gasteiger partial charge in [0.05, 0.1) is 24.7 Å². The molecular weight excluding hydrogens is 324 g/mol. The first-order chi connectivity index (χ1) is 12.5. The van der Waals surface area contributed by atoms with Crippen LogP contribution < -0.4 is 0 Å². The second-order valence-corrected chi connectivity index (χ2v) is 6.62. The first kappa shape index (κ1) is 19.7. The summed E-state index contributed by atoms with van der Waals surface area (Å²) in [5.74, 6) is 0.166. The van der Waals surface area contributed by atoms with E-state index in [1.807, 2.05) is 42.5 Å². The van der Waals surface area contributed by atoms with Crippen LogP contribution in [0.5, 0.6) is 0 Å². The molecule has 138 valence electrons. The van der Waals surface area contributed by atoms with Gasteiger partial charge < -0.3 is 4.90 Å². The molecule has 1 amide bonds. The average molecular weight is 352 g/mol. The highest BCUT2D eigenvalue weighted by Gasteiger charge is 2.16. The third-order valence-electron chi connectivity index (χ3n) is 4.91. The summed E-state index contributed by atoms with van der Waals surface area (Å²) in [4.78, 5) is 14.6. The lowest BCUT2D eigenvalue weighted by molar-refractivity contribution is -0.131. The van der Waals surface area contributed by atoms with Crippen molar-refractivity contribution in [3.8, 4) is 6.07 Å². The lowest BCUT2D eigenvalue weighted by Gasteiger charge is -2.22. The van der Waals surface area contributed by atoms with E-state index in [-0.39, 0.29) is 5.91 Å². The molecule has 0 fully saturated rings. The topological polar surface area (TPSA) is 61.9 Å². The predicted molar refractivity (Wildman–Crippen MR) is 103 cm³/mol. The molecular formula is C21H28N4O. The van der Waals surface area contributed by atoms with Crippen molar-refractivity contribution in [2.45, 2.75) is 60.0 Å². The Bertz CT molecular complexity index is 801. The highest BCUT2D eigenvalue weighted by atomic mass is 16.2. The SMILES string of the molecule is CCN(Cc1ccccc1C)C(=O)CCc1c(C)nn(CCC#N)c1C. The van der Waals surface area contributed by atoms with Crippen molar-refractivity contribution in [2.75, 3.05) is 6.54 Å². The smallest absolute Gasteiger partial charge is 0.223 e. The van der Waals surface area contributed by atoms with E-state index in [4.69, 9.17) is 5.26 Å². The summed E-state index contributed by atoms with van der Waals surface area (Å²) in [7, 11) is 0. The summed E-state index contributed by atoms with van der Waals surface area (Å²) in [6.07, 6.45) is 1.61. The van der Waals surface area contributed by atoms with Crippen LogP contribution in [0.15, 0.2) is 24.3 Å². The maximum absolute atomic E-state index is 12.7. The van der Waals surface area contributed by atoms with Gasteiger partial charge in [-0.05, 0) is 50.8 Å². The molecule has 1 aromatic heterocycles. The van der Waals surface area contributed by atoms with Crippen LogP contribution in [0.25, 0.3) is 0 Å². The maximum Gasteiger partial charge on any atom is 0.223 e. The molecule has 5 nitrogen and oxygen atoms in total. The third-order valence-corrected chi connectivity index (χ3v) is 4.91. The summed E-state index contributed by atoms with van der Waals surface area (Å²) in [5.41, 5.74) is 5.55. The van der Waals surface area contributed by atoms with Gasteiger partial charge in [-0.25, -0.2) is 0 Å². The van der Waals surface area contributed by atoms with Gasteiger partial charge in [0, 0.05) is 25.2 Å². The van der Waals surface area contributed by atoms with Gasteiger partial charge in [-0.15, -0.1) is 0 Å². The quantitative estimate of drug-likeness (QED) is 0.728. The van der Waals surface area contributed by atoms with Crippen LogP contribution in [-0.4, -0.2) is 27.1 Å². The van der Waals surface area contributed by atoms with Crippen LogP contribution in [0.2, 0.25) is 0 Å². The van der Waals surface area contributed by atoms with Crippen molar-refractivity contribution >= 4 is 5.91 Å². The largest absolute Gasteiger partial charge is 0.339 e. The molecule has 0 saturated heterocycles. The van der Waals surface area contributed by atoms with Crippen molar-refractivity contribution in [1.29, 1.82) is 5.26 Å². The molecule has 5 heteroatoms. The molecule has 1 aromatic carbocycles. The van der Waals surface area contributed by atoms with E-state index in [2.05, 4.69) is 30.2 Å². The molecule has 0 atom stereocenters. The Balaban J connectivity index is 2.02. The molecule has 1 heterocycles. The first-order valence-corrected chi connectivity index (χ1v) is 9.20. The second-order valence-electron chi connectivity index (χ2n) is 6.62. The minimum Gasteiger partial charge on any atom is -0.339 e. The Labute approximate surface area is 156 Å². The number of aryl methyl sites for hydroxylation is 3. The Morgan fingerprint density at radius 2 is 2.00 bits per heavy atom. The zero-order valence-electron chi connectivity index (χ0n) is 16.2. The van der Waals surface area contributed by atoms with Crippen LogP contribution in [0.1, 0.15) is 47.8 Å². The van der Waals surface area contributed by atoms with Crippen molar-refractivity contribution in [3.63, 3.8) is 0 Å². The normalized spacial score (nSPS) is 10.6. The average Bonchev–Trinajstić information content (AvgIpc) is 2.90. The van der Waals surface area contributed by atoms with Gasteiger partial charge in [0.15, 0.2) is 0 Å². The Morgan fingerprint density at radius 3 is 2.65 bits per heavy atom. The molecule has 0 bridgehead atoms. The second kappa shape index (κ2) is 9.19. The number of hydrogen-bond donors (Lipinski definition) is 0. The number of rotatable bonds is 8. The highest BCUT2D eigenvalue weighted by molar-refractivity contribution is 5.76. The molecule has 0 radical (unpaired) electrons. The molecule has 0 saturated carbocycles. The molecule has 2 aromatic rings. The fraction of sp³-hybridized carbons (Fsp3) is 0.476. The Kier molecular flexibility index (Phi) is 6.97. The Morgan fingerprint density at radius 1 is 1.27 bits per heavy atom.